The Hall–Kier alpha value is -1.83. The Morgan fingerprint density at radius 2 is 2.25 bits per heavy atom. The van der Waals surface area contributed by atoms with E-state index in [9.17, 15) is 4.79 Å². The molecule has 128 valence electrons. The fourth-order valence-electron chi connectivity index (χ4n) is 2.80. The van der Waals surface area contributed by atoms with E-state index in [2.05, 4.69) is 27.3 Å². The molecule has 1 N–H and O–H groups in total. The van der Waals surface area contributed by atoms with Crippen LogP contribution in [0.1, 0.15) is 35.7 Å². The maximum Gasteiger partial charge on any atom is 0.257 e. The fourth-order valence-corrected chi connectivity index (χ4v) is 3.24. The molecule has 1 aromatic heterocycles. The second-order valence-electron chi connectivity index (χ2n) is 5.86. The molecule has 7 heteroatoms. The van der Waals surface area contributed by atoms with Crippen molar-refractivity contribution in [1.29, 1.82) is 0 Å². The molecule has 1 fully saturated rings. The monoisotopic (exact) mass is 346 g/mol. The standard InChI is InChI=1S/C17H22N4O2S/c1-2-21(11-15-4-3-9-23-15)10-13-5-7-14(8-6-13)16(22)19-17-20-18-12-24-17/h5-8,12,15H,2-4,9-11H2,1H3,(H,19,20,22)/t15-/m1/s1. The molecule has 0 spiro atoms. The quantitative estimate of drug-likeness (QED) is 0.835. The lowest BCUT2D eigenvalue weighted by atomic mass is 10.1. The molecule has 1 aliphatic heterocycles. The molecule has 2 aromatic rings. The minimum atomic E-state index is -0.162. The Kier molecular flexibility index (Phi) is 5.90. The van der Waals surface area contributed by atoms with Crippen molar-refractivity contribution < 1.29 is 9.53 Å². The lowest BCUT2D eigenvalue weighted by Gasteiger charge is -2.23. The van der Waals surface area contributed by atoms with E-state index in [0.717, 1.165) is 32.7 Å². The third kappa shape index (κ3) is 4.59. The highest BCUT2D eigenvalue weighted by Gasteiger charge is 2.18. The summed E-state index contributed by atoms with van der Waals surface area (Å²) in [5.41, 5.74) is 3.41. The predicted molar refractivity (Wildman–Crippen MR) is 94.2 cm³/mol. The van der Waals surface area contributed by atoms with Gasteiger partial charge in [0.2, 0.25) is 5.13 Å². The number of benzene rings is 1. The molecule has 0 bridgehead atoms. The molecule has 1 atom stereocenters. The molecule has 3 rings (SSSR count). The lowest BCUT2D eigenvalue weighted by molar-refractivity contribution is 0.0725. The van der Waals surface area contributed by atoms with Crippen molar-refractivity contribution in [1.82, 2.24) is 15.1 Å². The summed E-state index contributed by atoms with van der Waals surface area (Å²) in [5.74, 6) is -0.162. The van der Waals surface area contributed by atoms with Gasteiger partial charge in [0.1, 0.15) is 5.51 Å². The van der Waals surface area contributed by atoms with Crippen LogP contribution in [0.15, 0.2) is 29.8 Å². The zero-order chi connectivity index (χ0) is 16.8. The molecule has 0 radical (unpaired) electrons. The van der Waals surface area contributed by atoms with Gasteiger partial charge in [0.15, 0.2) is 0 Å². The minimum Gasteiger partial charge on any atom is -0.377 e. The van der Waals surface area contributed by atoms with E-state index in [4.69, 9.17) is 4.74 Å². The Morgan fingerprint density at radius 1 is 1.42 bits per heavy atom. The summed E-state index contributed by atoms with van der Waals surface area (Å²) in [6.45, 7) is 5.88. The molecule has 1 aromatic carbocycles. The summed E-state index contributed by atoms with van der Waals surface area (Å²) in [5, 5.41) is 10.8. The van der Waals surface area contributed by atoms with Gasteiger partial charge in [-0.2, -0.15) is 0 Å². The number of anilines is 1. The molecule has 0 unspecified atom stereocenters. The zero-order valence-electron chi connectivity index (χ0n) is 13.8. The summed E-state index contributed by atoms with van der Waals surface area (Å²) < 4.78 is 5.72. The Balaban J connectivity index is 1.55. The minimum absolute atomic E-state index is 0.162. The van der Waals surface area contributed by atoms with Gasteiger partial charge >= 0.3 is 0 Å². The molecular weight excluding hydrogens is 324 g/mol. The van der Waals surface area contributed by atoms with E-state index in [0.29, 0.717) is 16.8 Å². The van der Waals surface area contributed by atoms with Gasteiger partial charge in [0.25, 0.3) is 5.91 Å². The van der Waals surface area contributed by atoms with E-state index in [1.807, 2.05) is 24.3 Å². The number of nitrogens with one attached hydrogen (secondary N) is 1. The molecule has 1 amide bonds. The molecule has 1 aliphatic rings. The summed E-state index contributed by atoms with van der Waals surface area (Å²) in [4.78, 5) is 14.5. The fraction of sp³-hybridized carbons (Fsp3) is 0.471. The van der Waals surface area contributed by atoms with Crippen LogP contribution < -0.4 is 5.32 Å². The van der Waals surface area contributed by atoms with Gasteiger partial charge in [-0.3, -0.25) is 15.0 Å². The van der Waals surface area contributed by atoms with Crippen LogP contribution in [0.5, 0.6) is 0 Å². The number of amides is 1. The Morgan fingerprint density at radius 3 is 2.88 bits per heavy atom. The zero-order valence-corrected chi connectivity index (χ0v) is 14.6. The van der Waals surface area contributed by atoms with Gasteiger partial charge in [-0.25, -0.2) is 0 Å². The number of rotatable bonds is 7. The van der Waals surface area contributed by atoms with Crippen LogP contribution in [0.3, 0.4) is 0 Å². The smallest absolute Gasteiger partial charge is 0.257 e. The number of likely N-dealkylation sites (N-methyl/N-ethyl adjacent to an activating group) is 1. The SMILES string of the molecule is CCN(Cc1ccc(C(=O)Nc2nncs2)cc1)C[C@H]1CCCO1. The van der Waals surface area contributed by atoms with Crippen LogP contribution in [0.25, 0.3) is 0 Å². The topological polar surface area (TPSA) is 67.4 Å². The van der Waals surface area contributed by atoms with Gasteiger partial charge in [-0.05, 0) is 37.1 Å². The number of nitrogens with zero attached hydrogens (tertiary/aromatic N) is 3. The summed E-state index contributed by atoms with van der Waals surface area (Å²) in [7, 11) is 0. The van der Waals surface area contributed by atoms with Crippen molar-refractivity contribution in [2.45, 2.75) is 32.4 Å². The lowest BCUT2D eigenvalue weighted by Crippen LogP contribution is -2.31. The highest BCUT2D eigenvalue weighted by atomic mass is 32.1. The van der Waals surface area contributed by atoms with E-state index in [1.54, 1.807) is 5.51 Å². The third-order valence-electron chi connectivity index (χ3n) is 4.14. The first-order chi connectivity index (χ1) is 11.7. The van der Waals surface area contributed by atoms with Crippen molar-refractivity contribution in [3.8, 4) is 0 Å². The van der Waals surface area contributed by atoms with Crippen molar-refractivity contribution in [2.75, 3.05) is 25.0 Å². The van der Waals surface area contributed by atoms with Crippen molar-refractivity contribution >= 4 is 22.4 Å². The van der Waals surface area contributed by atoms with Gasteiger partial charge < -0.3 is 4.74 Å². The second-order valence-corrected chi connectivity index (χ2v) is 6.69. The second kappa shape index (κ2) is 8.32. The molecule has 6 nitrogen and oxygen atoms in total. The van der Waals surface area contributed by atoms with Crippen LogP contribution in [-0.4, -0.2) is 46.8 Å². The maximum atomic E-state index is 12.1. The van der Waals surface area contributed by atoms with Crippen LogP contribution in [0, 0.1) is 0 Å². The number of carbonyl (C=O) groups excluding carboxylic acids is 1. The Labute approximate surface area is 145 Å². The summed E-state index contributed by atoms with van der Waals surface area (Å²) in [6, 6.07) is 7.72. The molecule has 1 saturated heterocycles. The number of carbonyl (C=O) groups is 1. The molecular formula is C17H22N4O2S. The highest BCUT2D eigenvalue weighted by molar-refractivity contribution is 7.13. The van der Waals surface area contributed by atoms with E-state index in [-0.39, 0.29) is 5.91 Å². The van der Waals surface area contributed by atoms with Crippen molar-refractivity contribution in [3.63, 3.8) is 0 Å². The summed E-state index contributed by atoms with van der Waals surface area (Å²) in [6.07, 6.45) is 2.68. The number of hydrogen-bond acceptors (Lipinski definition) is 6. The first kappa shape index (κ1) is 17.0. The third-order valence-corrected chi connectivity index (χ3v) is 4.74. The van der Waals surface area contributed by atoms with Gasteiger partial charge in [0.05, 0.1) is 6.10 Å². The van der Waals surface area contributed by atoms with E-state index >= 15 is 0 Å². The van der Waals surface area contributed by atoms with Crippen LogP contribution >= 0.6 is 11.3 Å². The molecule has 2 heterocycles. The van der Waals surface area contributed by atoms with Crippen LogP contribution in [0.2, 0.25) is 0 Å². The average molecular weight is 346 g/mol. The number of aromatic nitrogens is 2. The summed E-state index contributed by atoms with van der Waals surface area (Å²) >= 11 is 1.30. The van der Waals surface area contributed by atoms with E-state index in [1.165, 1.54) is 23.3 Å². The largest absolute Gasteiger partial charge is 0.377 e. The number of hydrogen-bond donors (Lipinski definition) is 1. The molecule has 0 saturated carbocycles. The average Bonchev–Trinajstić information content (AvgIpc) is 3.28. The Bertz CT molecular complexity index is 639. The van der Waals surface area contributed by atoms with Crippen molar-refractivity contribution in [2.24, 2.45) is 0 Å². The van der Waals surface area contributed by atoms with Crippen molar-refractivity contribution in [3.05, 3.63) is 40.9 Å². The first-order valence-corrected chi connectivity index (χ1v) is 9.13. The predicted octanol–water partition coefficient (Wildman–Crippen LogP) is 2.79. The normalized spacial score (nSPS) is 17.3. The van der Waals surface area contributed by atoms with Crippen LogP contribution in [-0.2, 0) is 11.3 Å². The highest BCUT2D eigenvalue weighted by Crippen LogP contribution is 2.16. The van der Waals surface area contributed by atoms with Gasteiger partial charge in [0, 0.05) is 25.3 Å². The molecule has 0 aliphatic carbocycles. The van der Waals surface area contributed by atoms with Gasteiger partial charge in [-0.1, -0.05) is 30.4 Å². The number of ether oxygens (including phenoxy) is 1. The molecule has 24 heavy (non-hydrogen) atoms. The van der Waals surface area contributed by atoms with Crippen LogP contribution in [0.4, 0.5) is 5.13 Å². The first-order valence-electron chi connectivity index (χ1n) is 8.25. The van der Waals surface area contributed by atoms with Gasteiger partial charge in [-0.15, -0.1) is 10.2 Å². The van der Waals surface area contributed by atoms with E-state index < -0.39 is 0 Å². The maximum absolute atomic E-state index is 12.1.